The van der Waals surface area contributed by atoms with E-state index in [-0.39, 0.29) is 18.3 Å². The highest BCUT2D eigenvalue weighted by Gasteiger charge is 2.12. The summed E-state index contributed by atoms with van der Waals surface area (Å²) in [5, 5.41) is 2.97. The minimum Gasteiger partial charge on any atom is -0.356 e. The summed E-state index contributed by atoms with van der Waals surface area (Å²) >= 11 is 0. The molecule has 0 aromatic rings. The van der Waals surface area contributed by atoms with Crippen LogP contribution in [0.3, 0.4) is 0 Å². The van der Waals surface area contributed by atoms with E-state index in [1.807, 2.05) is 0 Å². The number of nitrogens with two attached hydrogens (primary N) is 1. The van der Waals surface area contributed by atoms with E-state index < -0.39 is 0 Å². The lowest BCUT2D eigenvalue weighted by atomic mass is 9.87. The van der Waals surface area contributed by atoms with Gasteiger partial charge < -0.3 is 11.1 Å². The van der Waals surface area contributed by atoms with Crippen LogP contribution in [0.1, 0.15) is 51.4 Å². The molecule has 1 saturated carbocycles. The normalized spacial score (nSPS) is 16.6. The second kappa shape index (κ2) is 9.91. The monoisotopic (exact) mass is 248 g/mol. The molecule has 96 valence electrons. The van der Waals surface area contributed by atoms with Gasteiger partial charge in [-0.25, -0.2) is 0 Å². The highest BCUT2D eigenvalue weighted by atomic mass is 35.5. The summed E-state index contributed by atoms with van der Waals surface area (Å²) in [6.45, 7) is 1.46. The summed E-state index contributed by atoms with van der Waals surface area (Å²) in [6, 6.07) is 0. The maximum Gasteiger partial charge on any atom is 0.220 e. The van der Waals surface area contributed by atoms with E-state index >= 15 is 0 Å². The summed E-state index contributed by atoms with van der Waals surface area (Å²) in [6.07, 6.45) is 9.43. The fraction of sp³-hybridized carbons (Fsp3) is 0.917. The van der Waals surface area contributed by atoms with Gasteiger partial charge in [-0.05, 0) is 25.3 Å². The van der Waals surface area contributed by atoms with Crippen molar-refractivity contribution in [3.8, 4) is 0 Å². The standard InChI is InChI=1S/C12H24N2O.ClH/c13-9-4-7-12(15)14-10-8-11-5-2-1-3-6-11;/h11H,1-10,13H2,(H,14,15);1H. The molecule has 0 heterocycles. The molecule has 1 rings (SSSR count). The number of amides is 1. The van der Waals surface area contributed by atoms with Gasteiger partial charge in [-0.1, -0.05) is 32.1 Å². The van der Waals surface area contributed by atoms with Gasteiger partial charge in [0.2, 0.25) is 5.91 Å². The van der Waals surface area contributed by atoms with Gasteiger partial charge in [-0.15, -0.1) is 12.4 Å². The molecular weight excluding hydrogens is 224 g/mol. The zero-order valence-electron chi connectivity index (χ0n) is 10.0. The first kappa shape index (κ1) is 15.7. The summed E-state index contributed by atoms with van der Waals surface area (Å²) in [7, 11) is 0. The Labute approximate surface area is 105 Å². The van der Waals surface area contributed by atoms with Crippen molar-refractivity contribution in [1.29, 1.82) is 0 Å². The van der Waals surface area contributed by atoms with E-state index in [2.05, 4.69) is 5.32 Å². The van der Waals surface area contributed by atoms with Crippen molar-refractivity contribution in [2.45, 2.75) is 51.4 Å². The van der Waals surface area contributed by atoms with Gasteiger partial charge in [0.05, 0.1) is 0 Å². The first-order valence-electron chi connectivity index (χ1n) is 6.29. The molecule has 3 N–H and O–H groups in total. The number of halogens is 1. The second-order valence-electron chi connectivity index (χ2n) is 4.53. The molecule has 1 amide bonds. The lowest BCUT2D eigenvalue weighted by Gasteiger charge is -2.21. The van der Waals surface area contributed by atoms with Crippen LogP contribution in [0.25, 0.3) is 0 Å². The Hall–Kier alpha value is -0.280. The van der Waals surface area contributed by atoms with E-state index in [9.17, 15) is 4.79 Å². The van der Waals surface area contributed by atoms with Crippen molar-refractivity contribution >= 4 is 18.3 Å². The van der Waals surface area contributed by atoms with Crippen LogP contribution in [0.4, 0.5) is 0 Å². The summed E-state index contributed by atoms with van der Waals surface area (Å²) in [5.41, 5.74) is 5.34. The van der Waals surface area contributed by atoms with E-state index in [1.54, 1.807) is 0 Å². The van der Waals surface area contributed by atoms with Gasteiger partial charge in [0.1, 0.15) is 0 Å². The molecule has 3 nitrogen and oxygen atoms in total. The van der Waals surface area contributed by atoms with Gasteiger partial charge in [-0.3, -0.25) is 4.79 Å². The lowest BCUT2D eigenvalue weighted by Crippen LogP contribution is -2.26. The van der Waals surface area contributed by atoms with Gasteiger partial charge in [-0.2, -0.15) is 0 Å². The third-order valence-electron chi connectivity index (χ3n) is 3.21. The average molecular weight is 249 g/mol. The number of carbonyl (C=O) groups is 1. The van der Waals surface area contributed by atoms with Crippen molar-refractivity contribution in [1.82, 2.24) is 5.32 Å². The third-order valence-corrected chi connectivity index (χ3v) is 3.21. The first-order chi connectivity index (χ1) is 7.33. The highest BCUT2D eigenvalue weighted by molar-refractivity contribution is 5.85. The molecule has 0 bridgehead atoms. The summed E-state index contributed by atoms with van der Waals surface area (Å²) in [5.74, 6) is 1.02. The number of rotatable bonds is 6. The molecule has 16 heavy (non-hydrogen) atoms. The quantitative estimate of drug-likeness (QED) is 0.758. The predicted octanol–water partition coefficient (Wildman–Crippen LogP) is 2.23. The molecule has 0 aliphatic heterocycles. The largest absolute Gasteiger partial charge is 0.356 e. The van der Waals surface area contributed by atoms with Crippen LogP contribution >= 0.6 is 12.4 Å². The topological polar surface area (TPSA) is 55.1 Å². The number of hydrogen-bond acceptors (Lipinski definition) is 2. The van der Waals surface area contributed by atoms with Gasteiger partial charge in [0.25, 0.3) is 0 Å². The van der Waals surface area contributed by atoms with Crippen molar-refractivity contribution in [3.05, 3.63) is 0 Å². The van der Waals surface area contributed by atoms with Gasteiger partial charge in [0, 0.05) is 13.0 Å². The Morgan fingerprint density at radius 3 is 2.56 bits per heavy atom. The Morgan fingerprint density at radius 1 is 1.25 bits per heavy atom. The minimum absolute atomic E-state index is 0. The first-order valence-corrected chi connectivity index (χ1v) is 6.29. The van der Waals surface area contributed by atoms with Crippen LogP contribution in [0.5, 0.6) is 0 Å². The fourth-order valence-electron chi connectivity index (χ4n) is 2.24. The molecule has 1 aliphatic rings. The Balaban J connectivity index is 0.00000225. The average Bonchev–Trinajstić information content (AvgIpc) is 2.28. The maximum absolute atomic E-state index is 11.3. The molecule has 0 aromatic heterocycles. The molecule has 1 fully saturated rings. The second-order valence-corrected chi connectivity index (χ2v) is 4.53. The van der Waals surface area contributed by atoms with Crippen LogP contribution < -0.4 is 11.1 Å². The number of hydrogen-bond donors (Lipinski definition) is 2. The molecule has 0 unspecified atom stereocenters. The maximum atomic E-state index is 11.3. The molecule has 0 aromatic carbocycles. The summed E-state index contributed by atoms with van der Waals surface area (Å²) < 4.78 is 0. The Morgan fingerprint density at radius 2 is 1.94 bits per heavy atom. The van der Waals surface area contributed by atoms with Crippen LogP contribution in [-0.2, 0) is 4.79 Å². The van der Waals surface area contributed by atoms with Crippen molar-refractivity contribution < 1.29 is 4.79 Å². The van der Waals surface area contributed by atoms with Crippen molar-refractivity contribution in [3.63, 3.8) is 0 Å². The molecule has 0 atom stereocenters. The van der Waals surface area contributed by atoms with E-state index in [4.69, 9.17) is 5.73 Å². The van der Waals surface area contributed by atoms with Crippen LogP contribution in [-0.4, -0.2) is 19.0 Å². The van der Waals surface area contributed by atoms with Gasteiger partial charge in [0.15, 0.2) is 0 Å². The van der Waals surface area contributed by atoms with E-state index in [1.165, 1.54) is 32.1 Å². The van der Waals surface area contributed by atoms with Crippen LogP contribution in [0.2, 0.25) is 0 Å². The molecule has 0 spiro atoms. The number of carbonyl (C=O) groups excluding carboxylic acids is 1. The van der Waals surface area contributed by atoms with Crippen molar-refractivity contribution in [2.75, 3.05) is 13.1 Å². The van der Waals surface area contributed by atoms with Crippen LogP contribution in [0.15, 0.2) is 0 Å². The minimum atomic E-state index is 0. The molecule has 1 aliphatic carbocycles. The number of nitrogens with one attached hydrogen (secondary N) is 1. The molecular formula is C12H25ClN2O. The lowest BCUT2D eigenvalue weighted by molar-refractivity contribution is -0.121. The fourth-order valence-corrected chi connectivity index (χ4v) is 2.24. The SMILES string of the molecule is Cl.NCCCC(=O)NCCC1CCCCC1. The predicted molar refractivity (Wildman–Crippen MR) is 69.7 cm³/mol. The van der Waals surface area contributed by atoms with Crippen LogP contribution in [0, 0.1) is 5.92 Å². The summed E-state index contributed by atoms with van der Waals surface area (Å²) in [4.78, 5) is 11.3. The highest BCUT2D eigenvalue weighted by Crippen LogP contribution is 2.25. The van der Waals surface area contributed by atoms with Gasteiger partial charge >= 0.3 is 0 Å². The zero-order chi connectivity index (χ0) is 10.9. The molecule has 0 radical (unpaired) electrons. The smallest absolute Gasteiger partial charge is 0.220 e. The van der Waals surface area contributed by atoms with E-state index in [0.717, 1.165) is 25.3 Å². The Kier molecular flexibility index (Phi) is 9.74. The molecule has 0 saturated heterocycles. The van der Waals surface area contributed by atoms with E-state index in [0.29, 0.717) is 13.0 Å². The zero-order valence-corrected chi connectivity index (χ0v) is 10.9. The third kappa shape index (κ3) is 7.07. The Bertz CT molecular complexity index is 182. The van der Waals surface area contributed by atoms with Crippen molar-refractivity contribution in [2.24, 2.45) is 11.7 Å². The molecule has 4 heteroatoms.